The molecule has 0 atom stereocenters. The normalized spacial score (nSPS) is 41.3. The number of rotatable bonds is 2. The third-order valence-corrected chi connectivity index (χ3v) is 5.78. The van der Waals surface area contributed by atoms with Crippen molar-refractivity contribution in [2.45, 2.75) is 52.0 Å². The Labute approximate surface area is 110 Å². The van der Waals surface area contributed by atoms with Crippen LogP contribution in [0.4, 0.5) is 0 Å². The maximum Gasteiger partial charge on any atom is 0.0481 e. The molecule has 1 aromatic heterocycles. The second kappa shape index (κ2) is 3.79. The van der Waals surface area contributed by atoms with Crippen molar-refractivity contribution >= 4 is 0 Å². The summed E-state index contributed by atoms with van der Waals surface area (Å²) in [5.74, 6) is 4.03. The van der Waals surface area contributed by atoms with Crippen LogP contribution in [0.2, 0.25) is 0 Å². The molecule has 5 rings (SSSR count). The van der Waals surface area contributed by atoms with Gasteiger partial charge in [-0.05, 0) is 81.8 Å². The highest BCUT2D eigenvalue weighted by Crippen LogP contribution is 2.53. The topological polar surface area (TPSA) is 17.0 Å². The van der Waals surface area contributed by atoms with Gasteiger partial charge in [-0.15, -0.1) is 0 Å². The van der Waals surface area contributed by atoms with Crippen LogP contribution >= 0.6 is 0 Å². The van der Waals surface area contributed by atoms with Crippen LogP contribution in [0.3, 0.4) is 0 Å². The molecular formula is C16H24N2. The van der Waals surface area contributed by atoms with Gasteiger partial charge in [0.15, 0.2) is 0 Å². The lowest BCUT2D eigenvalue weighted by molar-refractivity contribution is 0.00331. The van der Waals surface area contributed by atoms with Gasteiger partial charge < -0.3 is 5.43 Å². The first-order valence-electron chi connectivity index (χ1n) is 7.62. The maximum absolute atomic E-state index is 3.86. The van der Waals surface area contributed by atoms with E-state index in [0.717, 1.165) is 29.7 Å². The van der Waals surface area contributed by atoms with Crippen LogP contribution in [0.25, 0.3) is 0 Å². The second-order valence-electron chi connectivity index (χ2n) is 7.04. The lowest BCUT2D eigenvalue weighted by Gasteiger charge is -2.54. The minimum atomic E-state index is 0.739. The van der Waals surface area contributed by atoms with Gasteiger partial charge in [0.2, 0.25) is 0 Å². The number of nitrogens with zero attached hydrogens (tertiary/aromatic N) is 1. The first-order valence-corrected chi connectivity index (χ1v) is 7.62. The van der Waals surface area contributed by atoms with Crippen molar-refractivity contribution in [1.82, 2.24) is 4.68 Å². The second-order valence-corrected chi connectivity index (χ2v) is 7.04. The summed E-state index contributed by atoms with van der Waals surface area (Å²) in [6, 6.07) is 5.18. The number of aromatic nitrogens is 1. The molecule has 2 heteroatoms. The van der Waals surface area contributed by atoms with Gasteiger partial charge in [-0.1, -0.05) is 0 Å². The van der Waals surface area contributed by atoms with Gasteiger partial charge in [-0.2, -0.15) is 0 Å². The monoisotopic (exact) mass is 244 g/mol. The fraction of sp³-hybridized carbons (Fsp3) is 0.750. The minimum Gasteiger partial charge on any atom is -0.322 e. The fourth-order valence-corrected chi connectivity index (χ4v) is 5.16. The van der Waals surface area contributed by atoms with E-state index in [2.05, 4.69) is 36.1 Å². The van der Waals surface area contributed by atoms with Crippen LogP contribution in [0.15, 0.2) is 12.1 Å². The first kappa shape index (κ1) is 11.0. The fourth-order valence-electron chi connectivity index (χ4n) is 5.16. The molecule has 2 nitrogen and oxygen atoms in total. The highest BCUT2D eigenvalue weighted by atomic mass is 15.4. The van der Waals surface area contributed by atoms with Crippen molar-refractivity contribution in [2.75, 3.05) is 5.43 Å². The molecule has 4 aliphatic rings. The molecule has 4 saturated carbocycles. The zero-order chi connectivity index (χ0) is 12.3. The summed E-state index contributed by atoms with van der Waals surface area (Å²) in [5.41, 5.74) is 6.55. The average Bonchev–Trinajstić information content (AvgIpc) is 2.64. The highest BCUT2D eigenvalue weighted by molar-refractivity contribution is 5.17. The summed E-state index contributed by atoms with van der Waals surface area (Å²) >= 11 is 0. The summed E-state index contributed by atoms with van der Waals surface area (Å²) < 4.78 is 2.33. The molecule has 18 heavy (non-hydrogen) atoms. The van der Waals surface area contributed by atoms with Gasteiger partial charge in [0.1, 0.15) is 0 Å². The molecule has 0 saturated heterocycles. The minimum absolute atomic E-state index is 0.739. The third-order valence-electron chi connectivity index (χ3n) is 5.78. The largest absolute Gasteiger partial charge is 0.322 e. The van der Waals surface area contributed by atoms with Crippen LogP contribution in [0.1, 0.15) is 43.5 Å². The van der Waals surface area contributed by atoms with Crippen molar-refractivity contribution in [3.05, 3.63) is 23.5 Å². The van der Waals surface area contributed by atoms with E-state index in [9.17, 15) is 0 Å². The van der Waals surface area contributed by atoms with Crippen molar-refractivity contribution < 1.29 is 0 Å². The summed E-state index contributed by atoms with van der Waals surface area (Å²) in [6.45, 7) is 4.41. The predicted octanol–water partition coefficient (Wildman–Crippen LogP) is 3.47. The van der Waals surface area contributed by atoms with Crippen molar-refractivity contribution in [3.8, 4) is 0 Å². The molecule has 0 amide bonds. The quantitative estimate of drug-likeness (QED) is 0.843. The summed E-state index contributed by atoms with van der Waals surface area (Å²) in [5, 5.41) is 0. The first-order chi connectivity index (χ1) is 8.70. The standard InChI is InChI=1S/C16H24N2/c1-10-3-4-11(2)18(10)17-16-14-6-12-5-13(8-14)9-15(16)7-12/h3-4,12-17H,5-9H2,1-2H3. The summed E-state index contributed by atoms with van der Waals surface area (Å²) in [4.78, 5) is 0. The molecule has 1 N–H and O–H groups in total. The molecule has 98 valence electrons. The van der Waals surface area contributed by atoms with E-state index in [0.29, 0.717) is 0 Å². The Kier molecular flexibility index (Phi) is 2.30. The summed E-state index contributed by atoms with van der Waals surface area (Å²) in [6.07, 6.45) is 7.50. The van der Waals surface area contributed by atoms with E-state index in [1.807, 2.05) is 0 Å². The van der Waals surface area contributed by atoms with Crippen LogP contribution in [-0.4, -0.2) is 10.7 Å². The smallest absolute Gasteiger partial charge is 0.0481 e. The molecule has 0 spiro atoms. The van der Waals surface area contributed by atoms with Crippen LogP contribution in [0.5, 0.6) is 0 Å². The molecule has 1 aromatic rings. The molecule has 1 heterocycles. The lowest BCUT2D eigenvalue weighted by atomic mass is 9.54. The number of hydrogen-bond acceptors (Lipinski definition) is 1. The average molecular weight is 244 g/mol. The zero-order valence-electron chi connectivity index (χ0n) is 11.5. The SMILES string of the molecule is Cc1ccc(C)n1NC1C2CC3CC(C2)CC1C3. The molecule has 0 aliphatic heterocycles. The molecule has 4 fully saturated rings. The Morgan fingerprint density at radius 3 is 1.89 bits per heavy atom. The van der Waals surface area contributed by atoms with Gasteiger partial charge in [0.05, 0.1) is 0 Å². The zero-order valence-corrected chi connectivity index (χ0v) is 11.5. The Bertz CT molecular complexity index is 412. The van der Waals surface area contributed by atoms with Crippen LogP contribution in [0, 0.1) is 37.5 Å². The summed E-state index contributed by atoms with van der Waals surface area (Å²) in [7, 11) is 0. The molecular weight excluding hydrogens is 220 g/mol. The molecule has 0 aromatic carbocycles. The van der Waals surface area contributed by atoms with Gasteiger partial charge in [-0.25, -0.2) is 0 Å². The van der Waals surface area contributed by atoms with Gasteiger partial charge in [0.25, 0.3) is 0 Å². The maximum atomic E-state index is 3.86. The lowest BCUT2D eigenvalue weighted by Crippen LogP contribution is -2.53. The van der Waals surface area contributed by atoms with Crippen molar-refractivity contribution in [1.29, 1.82) is 0 Å². The Morgan fingerprint density at radius 2 is 1.39 bits per heavy atom. The number of aryl methyl sites for hydroxylation is 2. The van der Waals surface area contributed by atoms with Gasteiger partial charge in [0, 0.05) is 17.4 Å². The van der Waals surface area contributed by atoms with E-state index in [-0.39, 0.29) is 0 Å². The number of hydrogen-bond donors (Lipinski definition) is 1. The Morgan fingerprint density at radius 1 is 0.889 bits per heavy atom. The van der Waals surface area contributed by atoms with Crippen molar-refractivity contribution in [2.24, 2.45) is 23.7 Å². The highest BCUT2D eigenvalue weighted by Gasteiger charge is 2.48. The molecule has 0 radical (unpaired) electrons. The molecule has 4 aliphatic carbocycles. The van der Waals surface area contributed by atoms with Crippen molar-refractivity contribution in [3.63, 3.8) is 0 Å². The van der Waals surface area contributed by atoms with Crippen LogP contribution < -0.4 is 5.43 Å². The predicted molar refractivity (Wildman–Crippen MR) is 74.1 cm³/mol. The van der Waals surface area contributed by atoms with E-state index < -0.39 is 0 Å². The third kappa shape index (κ3) is 1.54. The Balaban J connectivity index is 1.59. The van der Waals surface area contributed by atoms with Gasteiger partial charge in [-0.3, -0.25) is 4.68 Å². The number of nitrogens with one attached hydrogen (secondary N) is 1. The van der Waals surface area contributed by atoms with E-state index >= 15 is 0 Å². The van der Waals surface area contributed by atoms with Gasteiger partial charge >= 0.3 is 0 Å². The molecule has 4 bridgehead atoms. The Hall–Kier alpha value is -0.920. The molecule has 0 unspecified atom stereocenters. The van der Waals surface area contributed by atoms with E-state index in [1.165, 1.54) is 37.1 Å². The van der Waals surface area contributed by atoms with Crippen LogP contribution in [-0.2, 0) is 0 Å². The van der Waals surface area contributed by atoms with E-state index in [4.69, 9.17) is 0 Å². The van der Waals surface area contributed by atoms with E-state index in [1.54, 1.807) is 6.42 Å².